The highest BCUT2D eigenvalue weighted by Crippen LogP contribution is 2.35. The Morgan fingerprint density at radius 1 is 1.28 bits per heavy atom. The summed E-state index contributed by atoms with van der Waals surface area (Å²) in [6.07, 6.45) is 0.931. The van der Waals surface area contributed by atoms with E-state index in [9.17, 15) is 22.0 Å². The fraction of sp³-hybridized carbons (Fsp3) is 0.350. The molecule has 1 aliphatic heterocycles. The average molecular weight is 483 g/mol. The van der Waals surface area contributed by atoms with Gasteiger partial charge in [-0.1, -0.05) is 5.16 Å². The van der Waals surface area contributed by atoms with Gasteiger partial charge in [0, 0.05) is 31.0 Å². The van der Waals surface area contributed by atoms with E-state index >= 15 is 0 Å². The van der Waals surface area contributed by atoms with Crippen molar-refractivity contribution in [2.45, 2.75) is 31.6 Å². The molecule has 8 nitrogen and oxygen atoms in total. The van der Waals surface area contributed by atoms with E-state index in [4.69, 9.17) is 4.52 Å². The Bertz CT molecular complexity index is 1270. The molecule has 0 radical (unpaired) electrons. The van der Waals surface area contributed by atoms with Crippen molar-refractivity contribution in [3.63, 3.8) is 0 Å². The Hall–Kier alpha value is -2.70. The van der Waals surface area contributed by atoms with Crippen LogP contribution in [0.15, 0.2) is 33.7 Å². The summed E-state index contributed by atoms with van der Waals surface area (Å²) in [7, 11) is -3.87. The Kier molecular flexibility index (Phi) is 6.10. The number of hydrogen-bond donors (Lipinski definition) is 1. The molecule has 3 heterocycles. The number of nitrogens with zero attached hydrogens (tertiary/aromatic N) is 3. The number of aromatic nitrogens is 2. The van der Waals surface area contributed by atoms with Crippen LogP contribution in [0, 0.1) is 31.4 Å². The average Bonchev–Trinajstić information content (AvgIpc) is 3.36. The lowest BCUT2D eigenvalue weighted by atomic mass is 9.98. The lowest BCUT2D eigenvalue weighted by molar-refractivity contribution is -0.120. The first-order valence-corrected chi connectivity index (χ1v) is 12.1. The molecule has 1 amide bonds. The van der Waals surface area contributed by atoms with Crippen LogP contribution in [0.2, 0.25) is 0 Å². The molecule has 12 heteroatoms. The Morgan fingerprint density at radius 3 is 2.75 bits per heavy atom. The number of sulfonamides is 1. The molecule has 0 bridgehead atoms. The van der Waals surface area contributed by atoms with E-state index in [1.807, 2.05) is 0 Å². The highest BCUT2D eigenvalue weighted by Gasteiger charge is 2.35. The van der Waals surface area contributed by atoms with Gasteiger partial charge >= 0.3 is 0 Å². The van der Waals surface area contributed by atoms with Crippen LogP contribution in [0.5, 0.6) is 0 Å². The number of benzene rings is 1. The molecule has 0 aliphatic carbocycles. The summed E-state index contributed by atoms with van der Waals surface area (Å²) in [6.45, 7) is 3.57. The standard InChI is InChI=1S/C20H20F2N4O4S2/c1-11-18(9-17(31-11)19-23-12(2)30-25-19)32(28,29)26-7-3-4-13(10-26)20(27)24-16-6-5-14(21)8-15(16)22/h5-6,8-9,13H,3-4,7,10H2,1-2H3,(H,24,27)/t13-/m0/s1. The number of carbonyl (C=O) groups is 1. The third-order valence-corrected chi connectivity index (χ3v) is 8.35. The maximum absolute atomic E-state index is 13.9. The number of halogens is 2. The van der Waals surface area contributed by atoms with Crippen molar-refractivity contribution >= 4 is 33.0 Å². The molecule has 0 unspecified atom stereocenters. The number of thiophene rings is 1. The minimum atomic E-state index is -3.87. The van der Waals surface area contributed by atoms with Gasteiger partial charge in [-0.3, -0.25) is 4.79 Å². The maximum Gasteiger partial charge on any atom is 0.244 e. The smallest absolute Gasteiger partial charge is 0.244 e. The van der Waals surface area contributed by atoms with Crippen molar-refractivity contribution in [2.75, 3.05) is 18.4 Å². The fourth-order valence-electron chi connectivity index (χ4n) is 3.57. The van der Waals surface area contributed by atoms with E-state index in [2.05, 4.69) is 15.5 Å². The summed E-state index contributed by atoms with van der Waals surface area (Å²) < 4.78 is 59.8. The van der Waals surface area contributed by atoms with Crippen molar-refractivity contribution in [3.05, 3.63) is 46.7 Å². The van der Waals surface area contributed by atoms with Crippen LogP contribution in [0.1, 0.15) is 23.6 Å². The zero-order chi connectivity index (χ0) is 23.0. The zero-order valence-corrected chi connectivity index (χ0v) is 18.9. The molecule has 1 N–H and O–H groups in total. The first kappa shape index (κ1) is 22.5. The van der Waals surface area contributed by atoms with Crippen LogP contribution < -0.4 is 5.32 Å². The number of aryl methyl sites for hydroxylation is 2. The number of rotatable bonds is 5. The topological polar surface area (TPSA) is 105 Å². The predicted molar refractivity (Wildman–Crippen MR) is 114 cm³/mol. The van der Waals surface area contributed by atoms with Crippen LogP contribution in [0.4, 0.5) is 14.5 Å². The van der Waals surface area contributed by atoms with Gasteiger partial charge in [0.2, 0.25) is 27.6 Å². The predicted octanol–water partition coefficient (Wildman–Crippen LogP) is 3.73. The van der Waals surface area contributed by atoms with Gasteiger partial charge in [0.1, 0.15) is 11.6 Å². The van der Waals surface area contributed by atoms with E-state index in [-0.39, 0.29) is 23.7 Å². The van der Waals surface area contributed by atoms with Crippen LogP contribution in [-0.2, 0) is 14.8 Å². The van der Waals surface area contributed by atoms with Gasteiger partial charge in [0.15, 0.2) is 0 Å². The molecule has 3 aromatic rings. The number of piperidine rings is 1. The number of anilines is 1. The maximum atomic E-state index is 13.9. The summed E-state index contributed by atoms with van der Waals surface area (Å²) in [4.78, 5) is 18.1. The molecule has 2 aromatic heterocycles. The van der Waals surface area contributed by atoms with Gasteiger partial charge in [-0.25, -0.2) is 17.2 Å². The van der Waals surface area contributed by atoms with E-state index in [0.717, 1.165) is 12.1 Å². The SMILES string of the molecule is Cc1nc(-c2cc(S(=O)(=O)N3CCC[C@H](C(=O)Nc4ccc(F)cc4F)C3)c(C)s2)no1. The first-order valence-electron chi connectivity index (χ1n) is 9.82. The Labute approximate surface area is 187 Å². The molecule has 4 rings (SSSR count). The molecule has 170 valence electrons. The summed E-state index contributed by atoms with van der Waals surface area (Å²) in [5.74, 6) is -2.14. The molecule has 32 heavy (non-hydrogen) atoms. The quantitative estimate of drug-likeness (QED) is 0.594. The molecular formula is C20H20F2N4O4S2. The zero-order valence-electron chi connectivity index (χ0n) is 17.3. The molecule has 0 saturated carbocycles. The summed E-state index contributed by atoms with van der Waals surface area (Å²) in [6, 6.07) is 4.36. The van der Waals surface area contributed by atoms with Crippen LogP contribution in [0.25, 0.3) is 10.7 Å². The van der Waals surface area contributed by atoms with Crippen molar-refractivity contribution in [1.29, 1.82) is 0 Å². The summed E-state index contributed by atoms with van der Waals surface area (Å²) in [5, 5.41) is 6.26. The van der Waals surface area contributed by atoms with E-state index in [0.29, 0.717) is 40.4 Å². The number of carbonyl (C=O) groups excluding carboxylic acids is 1. The highest BCUT2D eigenvalue weighted by molar-refractivity contribution is 7.89. The second-order valence-electron chi connectivity index (χ2n) is 7.48. The van der Waals surface area contributed by atoms with Crippen LogP contribution in [-0.4, -0.2) is 41.9 Å². The molecule has 1 aliphatic rings. The lowest BCUT2D eigenvalue weighted by Crippen LogP contribution is -2.43. The third kappa shape index (κ3) is 4.43. The van der Waals surface area contributed by atoms with Crippen LogP contribution in [0.3, 0.4) is 0 Å². The number of nitrogens with one attached hydrogen (secondary N) is 1. The molecule has 1 fully saturated rings. The van der Waals surface area contributed by atoms with Gasteiger partial charge < -0.3 is 9.84 Å². The van der Waals surface area contributed by atoms with Gasteiger partial charge in [0.25, 0.3) is 0 Å². The lowest BCUT2D eigenvalue weighted by Gasteiger charge is -2.31. The van der Waals surface area contributed by atoms with E-state index in [1.54, 1.807) is 13.8 Å². The van der Waals surface area contributed by atoms with Crippen molar-refractivity contribution < 1.29 is 26.5 Å². The largest absolute Gasteiger partial charge is 0.339 e. The summed E-state index contributed by atoms with van der Waals surface area (Å²) >= 11 is 1.24. The second-order valence-corrected chi connectivity index (χ2v) is 10.6. The molecule has 1 atom stereocenters. The van der Waals surface area contributed by atoms with Gasteiger partial charge in [-0.2, -0.15) is 9.29 Å². The fourth-order valence-corrected chi connectivity index (χ4v) is 6.58. The number of amides is 1. The van der Waals surface area contributed by atoms with E-state index in [1.165, 1.54) is 21.7 Å². The Morgan fingerprint density at radius 2 is 2.06 bits per heavy atom. The second kappa shape index (κ2) is 8.68. The third-order valence-electron chi connectivity index (χ3n) is 5.18. The van der Waals surface area contributed by atoms with Crippen molar-refractivity contribution in [2.24, 2.45) is 5.92 Å². The molecule has 1 aromatic carbocycles. The van der Waals surface area contributed by atoms with Crippen molar-refractivity contribution in [3.8, 4) is 10.7 Å². The molecule has 1 saturated heterocycles. The van der Waals surface area contributed by atoms with Gasteiger partial charge in [0.05, 0.1) is 21.4 Å². The van der Waals surface area contributed by atoms with E-state index < -0.39 is 33.5 Å². The Balaban J connectivity index is 1.52. The first-order chi connectivity index (χ1) is 15.1. The minimum Gasteiger partial charge on any atom is -0.339 e. The summed E-state index contributed by atoms with van der Waals surface area (Å²) in [5.41, 5.74) is -0.148. The van der Waals surface area contributed by atoms with Crippen molar-refractivity contribution in [1.82, 2.24) is 14.4 Å². The van der Waals surface area contributed by atoms with Gasteiger partial charge in [-0.05, 0) is 38.0 Å². The van der Waals surface area contributed by atoms with Gasteiger partial charge in [-0.15, -0.1) is 11.3 Å². The monoisotopic (exact) mass is 482 g/mol. The highest BCUT2D eigenvalue weighted by atomic mass is 32.2. The molecule has 0 spiro atoms. The van der Waals surface area contributed by atoms with Crippen LogP contribution >= 0.6 is 11.3 Å². The normalized spacial score (nSPS) is 17.4. The number of hydrogen-bond acceptors (Lipinski definition) is 7. The minimum absolute atomic E-state index is 0.0388. The molecular weight excluding hydrogens is 462 g/mol.